The molecule has 0 saturated carbocycles. The van der Waals surface area contributed by atoms with E-state index in [9.17, 15) is 5.11 Å². The third-order valence-electron chi connectivity index (χ3n) is 2.62. The number of nitrogens with zero attached hydrogens (tertiary/aromatic N) is 2. The molecule has 0 aliphatic rings. The molecule has 0 saturated heterocycles. The maximum Gasteiger partial charge on any atom is 0.137 e. The van der Waals surface area contributed by atoms with Crippen LogP contribution >= 0.6 is 11.6 Å². The summed E-state index contributed by atoms with van der Waals surface area (Å²) in [5.41, 5.74) is 1.24. The Morgan fingerprint density at radius 1 is 1.32 bits per heavy atom. The van der Waals surface area contributed by atoms with Crippen molar-refractivity contribution in [3.8, 4) is 5.75 Å². The van der Waals surface area contributed by atoms with Gasteiger partial charge in [0.1, 0.15) is 11.9 Å². The van der Waals surface area contributed by atoms with Crippen LogP contribution < -0.4 is 4.74 Å². The summed E-state index contributed by atoms with van der Waals surface area (Å²) in [7, 11) is 0. The first-order chi connectivity index (χ1) is 9.22. The van der Waals surface area contributed by atoms with E-state index >= 15 is 0 Å². The van der Waals surface area contributed by atoms with Crippen LogP contribution in [0.5, 0.6) is 5.75 Å². The van der Waals surface area contributed by atoms with Crippen molar-refractivity contribution in [2.45, 2.75) is 19.4 Å². The minimum Gasteiger partial charge on any atom is -0.492 e. The normalized spacial score (nSPS) is 12.2. The van der Waals surface area contributed by atoms with Crippen LogP contribution in [-0.4, -0.2) is 21.7 Å². The van der Waals surface area contributed by atoms with Crippen molar-refractivity contribution in [3.05, 3.63) is 53.1 Å². The number of aliphatic hydroxyl groups excluding tert-OH is 1. The summed E-state index contributed by atoms with van der Waals surface area (Å²) >= 11 is 6.02. The van der Waals surface area contributed by atoms with Gasteiger partial charge in [0, 0.05) is 29.7 Å². The Labute approximate surface area is 117 Å². The Hall–Kier alpha value is -1.65. The highest BCUT2D eigenvalue weighted by Gasteiger charge is 2.14. The number of pyridine rings is 2. The molecule has 0 spiro atoms. The van der Waals surface area contributed by atoms with Crippen LogP contribution in [0.4, 0.5) is 0 Å². The van der Waals surface area contributed by atoms with Gasteiger partial charge in [-0.1, -0.05) is 18.5 Å². The van der Waals surface area contributed by atoms with Crippen molar-refractivity contribution in [2.75, 3.05) is 6.61 Å². The third kappa shape index (κ3) is 3.43. The summed E-state index contributed by atoms with van der Waals surface area (Å²) in [4.78, 5) is 7.97. The van der Waals surface area contributed by atoms with Crippen molar-refractivity contribution in [1.82, 2.24) is 9.97 Å². The second-order valence-corrected chi connectivity index (χ2v) is 4.51. The average Bonchev–Trinajstić information content (AvgIpc) is 2.45. The standard InChI is InChI=1S/C14H15ClN2O2/c1-2-5-19-11-6-10(7-17-8-11)14(18)12-3-4-16-9-13(12)15/h3-4,6-9,14,18H,2,5H2,1H3. The largest absolute Gasteiger partial charge is 0.492 e. The maximum absolute atomic E-state index is 10.3. The van der Waals surface area contributed by atoms with E-state index in [-0.39, 0.29) is 0 Å². The van der Waals surface area contributed by atoms with Gasteiger partial charge in [0.25, 0.3) is 0 Å². The molecule has 0 fully saturated rings. The van der Waals surface area contributed by atoms with Gasteiger partial charge in [-0.25, -0.2) is 0 Å². The Kier molecular flexibility index (Phi) is 4.71. The highest BCUT2D eigenvalue weighted by Crippen LogP contribution is 2.28. The van der Waals surface area contributed by atoms with Crippen LogP contribution in [-0.2, 0) is 0 Å². The zero-order valence-corrected chi connectivity index (χ0v) is 11.3. The lowest BCUT2D eigenvalue weighted by molar-refractivity contribution is 0.218. The molecule has 0 aliphatic heterocycles. The van der Waals surface area contributed by atoms with Crippen molar-refractivity contribution >= 4 is 11.6 Å². The fraction of sp³-hybridized carbons (Fsp3) is 0.286. The molecule has 1 N–H and O–H groups in total. The molecule has 2 heterocycles. The molecule has 0 radical (unpaired) electrons. The summed E-state index contributed by atoms with van der Waals surface area (Å²) in [6.07, 6.45) is 6.40. The minimum atomic E-state index is -0.840. The van der Waals surface area contributed by atoms with E-state index < -0.39 is 6.10 Å². The summed E-state index contributed by atoms with van der Waals surface area (Å²) in [5, 5.41) is 10.7. The van der Waals surface area contributed by atoms with Gasteiger partial charge < -0.3 is 9.84 Å². The fourth-order valence-electron chi connectivity index (χ4n) is 1.67. The van der Waals surface area contributed by atoms with Crippen LogP contribution in [0.15, 0.2) is 36.9 Å². The van der Waals surface area contributed by atoms with Crippen molar-refractivity contribution < 1.29 is 9.84 Å². The highest BCUT2D eigenvalue weighted by atomic mass is 35.5. The van der Waals surface area contributed by atoms with Gasteiger partial charge in [0.2, 0.25) is 0 Å². The molecule has 5 heteroatoms. The maximum atomic E-state index is 10.3. The molecule has 4 nitrogen and oxygen atoms in total. The van der Waals surface area contributed by atoms with Crippen LogP contribution in [0, 0.1) is 0 Å². The third-order valence-corrected chi connectivity index (χ3v) is 2.94. The minimum absolute atomic E-state index is 0.426. The van der Waals surface area contributed by atoms with E-state index in [1.165, 1.54) is 6.20 Å². The summed E-state index contributed by atoms with van der Waals surface area (Å²) in [6.45, 7) is 2.65. The van der Waals surface area contributed by atoms with E-state index in [1.807, 2.05) is 6.92 Å². The number of aromatic nitrogens is 2. The Morgan fingerprint density at radius 2 is 2.16 bits per heavy atom. The van der Waals surface area contributed by atoms with E-state index in [4.69, 9.17) is 16.3 Å². The number of halogens is 1. The fourth-order valence-corrected chi connectivity index (χ4v) is 1.89. The first-order valence-corrected chi connectivity index (χ1v) is 6.45. The van der Waals surface area contributed by atoms with Gasteiger partial charge in [0.05, 0.1) is 17.8 Å². The Bertz CT molecular complexity index is 548. The molecule has 2 aromatic heterocycles. The molecule has 0 aromatic carbocycles. The molecule has 2 rings (SSSR count). The quantitative estimate of drug-likeness (QED) is 0.913. The predicted molar refractivity (Wildman–Crippen MR) is 73.3 cm³/mol. The lowest BCUT2D eigenvalue weighted by Crippen LogP contribution is -2.03. The topological polar surface area (TPSA) is 55.2 Å². The number of rotatable bonds is 5. The second-order valence-electron chi connectivity index (χ2n) is 4.10. The first kappa shape index (κ1) is 13.8. The summed E-state index contributed by atoms with van der Waals surface area (Å²) in [6, 6.07) is 3.46. The average molecular weight is 279 g/mol. The van der Waals surface area contributed by atoms with Gasteiger partial charge >= 0.3 is 0 Å². The number of hydrogen-bond acceptors (Lipinski definition) is 4. The van der Waals surface area contributed by atoms with E-state index in [2.05, 4.69) is 9.97 Å². The van der Waals surface area contributed by atoms with Gasteiger partial charge in [-0.3, -0.25) is 9.97 Å². The lowest BCUT2D eigenvalue weighted by Gasteiger charge is -2.13. The molecule has 2 aromatic rings. The first-order valence-electron chi connectivity index (χ1n) is 6.07. The molecule has 0 bridgehead atoms. The molecular formula is C14H15ClN2O2. The van der Waals surface area contributed by atoms with Gasteiger partial charge in [-0.15, -0.1) is 0 Å². The second kappa shape index (κ2) is 6.50. The van der Waals surface area contributed by atoms with Crippen molar-refractivity contribution in [2.24, 2.45) is 0 Å². The van der Waals surface area contributed by atoms with Crippen LogP contribution in [0.1, 0.15) is 30.6 Å². The smallest absolute Gasteiger partial charge is 0.137 e. The molecule has 19 heavy (non-hydrogen) atoms. The van der Waals surface area contributed by atoms with Crippen LogP contribution in [0.2, 0.25) is 5.02 Å². The molecule has 0 amide bonds. The van der Waals surface area contributed by atoms with Gasteiger partial charge in [-0.2, -0.15) is 0 Å². The Morgan fingerprint density at radius 3 is 2.89 bits per heavy atom. The molecule has 1 atom stereocenters. The monoisotopic (exact) mass is 278 g/mol. The van der Waals surface area contributed by atoms with E-state index in [1.54, 1.807) is 30.7 Å². The Balaban J connectivity index is 2.24. The number of hydrogen-bond donors (Lipinski definition) is 1. The van der Waals surface area contributed by atoms with Crippen LogP contribution in [0.3, 0.4) is 0 Å². The lowest BCUT2D eigenvalue weighted by atomic mass is 10.0. The van der Waals surface area contributed by atoms with Crippen molar-refractivity contribution in [3.63, 3.8) is 0 Å². The molecule has 1 unspecified atom stereocenters. The van der Waals surface area contributed by atoms with Crippen molar-refractivity contribution in [1.29, 1.82) is 0 Å². The van der Waals surface area contributed by atoms with Gasteiger partial charge in [-0.05, 0) is 18.6 Å². The zero-order chi connectivity index (χ0) is 13.7. The number of aliphatic hydroxyl groups is 1. The highest BCUT2D eigenvalue weighted by molar-refractivity contribution is 6.31. The number of ether oxygens (including phenoxy) is 1. The SMILES string of the molecule is CCCOc1cncc(C(O)c2ccncc2Cl)c1. The summed E-state index contributed by atoms with van der Waals surface area (Å²) < 4.78 is 5.49. The van der Waals surface area contributed by atoms with E-state index in [0.717, 1.165) is 6.42 Å². The molecule has 100 valence electrons. The van der Waals surface area contributed by atoms with E-state index in [0.29, 0.717) is 28.5 Å². The molecular weight excluding hydrogens is 264 g/mol. The predicted octanol–water partition coefficient (Wildman–Crippen LogP) is 3.00. The van der Waals surface area contributed by atoms with Crippen LogP contribution in [0.25, 0.3) is 0 Å². The van der Waals surface area contributed by atoms with Gasteiger partial charge in [0.15, 0.2) is 0 Å². The zero-order valence-electron chi connectivity index (χ0n) is 10.6. The summed E-state index contributed by atoms with van der Waals surface area (Å²) in [5.74, 6) is 0.642. The molecule has 0 aliphatic carbocycles.